The fraction of sp³-hybridized carbons (Fsp3) is 0.350. The second-order valence-electron chi connectivity index (χ2n) is 6.74. The topological polar surface area (TPSA) is 58.4 Å². The molecule has 1 heterocycles. The first-order valence-corrected chi connectivity index (χ1v) is 8.77. The van der Waals surface area contributed by atoms with E-state index in [0.717, 1.165) is 5.56 Å². The van der Waals surface area contributed by atoms with Crippen LogP contribution in [0.3, 0.4) is 0 Å². The average Bonchev–Trinajstić information content (AvgIpc) is 3.09. The van der Waals surface area contributed by atoms with E-state index in [1.807, 2.05) is 30.3 Å². The van der Waals surface area contributed by atoms with E-state index in [1.165, 1.54) is 18.2 Å². The van der Waals surface area contributed by atoms with Crippen molar-refractivity contribution >= 4 is 36.4 Å². The van der Waals surface area contributed by atoms with Gasteiger partial charge in [0.2, 0.25) is 5.91 Å². The third-order valence-electron chi connectivity index (χ3n) is 4.93. The monoisotopic (exact) mass is 431 g/mol. The maximum absolute atomic E-state index is 13.9. The van der Waals surface area contributed by atoms with Crippen molar-refractivity contribution in [2.75, 3.05) is 18.0 Å². The van der Waals surface area contributed by atoms with Crippen molar-refractivity contribution in [3.8, 4) is 0 Å². The van der Waals surface area contributed by atoms with Crippen LogP contribution in [0.15, 0.2) is 48.5 Å². The molecule has 1 amide bonds. The minimum Gasteiger partial charge on any atom is -0.365 e. The Morgan fingerprint density at radius 1 is 1.11 bits per heavy atom. The van der Waals surface area contributed by atoms with E-state index in [-0.39, 0.29) is 42.5 Å². The summed E-state index contributed by atoms with van der Waals surface area (Å²) in [6.45, 7) is 2.65. The smallest absolute Gasteiger partial charge is 0.225 e. The minimum absolute atomic E-state index is 0. The zero-order valence-corrected chi connectivity index (χ0v) is 17.1. The summed E-state index contributed by atoms with van der Waals surface area (Å²) in [5.74, 6) is -1.73. The van der Waals surface area contributed by atoms with Crippen LogP contribution in [0.4, 0.5) is 14.5 Å². The number of rotatable bonds is 5. The minimum atomic E-state index is -0.587. The molecule has 0 radical (unpaired) electrons. The predicted octanol–water partition coefficient (Wildman–Crippen LogP) is 3.84. The number of para-hydroxylation sites is 1. The summed E-state index contributed by atoms with van der Waals surface area (Å²) in [5.41, 5.74) is 7.07. The third-order valence-corrected chi connectivity index (χ3v) is 4.93. The van der Waals surface area contributed by atoms with Crippen LogP contribution in [0.25, 0.3) is 0 Å². The number of nitrogens with two attached hydrogens (primary N) is 1. The lowest BCUT2D eigenvalue weighted by Gasteiger charge is -2.23. The lowest BCUT2D eigenvalue weighted by Crippen LogP contribution is -2.42. The molecule has 1 aliphatic rings. The van der Waals surface area contributed by atoms with Gasteiger partial charge in [-0.15, -0.1) is 24.8 Å². The molecule has 0 aromatic heterocycles. The molecule has 154 valence electrons. The van der Waals surface area contributed by atoms with Crippen LogP contribution in [0, 0.1) is 17.6 Å². The van der Waals surface area contributed by atoms with Crippen LogP contribution in [0.5, 0.6) is 0 Å². The molecule has 2 aromatic carbocycles. The zero-order chi connectivity index (χ0) is 18.7. The van der Waals surface area contributed by atoms with Crippen LogP contribution in [0.1, 0.15) is 24.9 Å². The number of hydrogen-bond acceptors (Lipinski definition) is 3. The molecule has 3 rings (SSSR count). The van der Waals surface area contributed by atoms with Gasteiger partial charge in [0, 0.05) is 25.2 Å². The van der Waals surface area contributed by atoms with E-state index in [9.17, 15) is 13.6 Å². The van der Waals surface area contributed by atoms with Crippen molar-refractivity contribution in [2.45, 2.75) is 25.4 Å². The van der Waals surface area contributed by atoms with Gasteiger partial charge in [0.1, 0.15) is 17.3 Å². The highest BCUT2D eigenvalue weighted by molar-refractivity contribution is 5.85. The SMILES string of the molecule is CC(C(=O)NC1CCN(c2c(F)cccc2F)C1)C(N)c1ccccc1.Cl.Cl. The number of hydrogen-bond donors (Lipinski definition) is 2. The fourth-order valence-corrected chi connectivity index (χ4v) is 3.33. The van der Waals surface area contributed by atoms with Crippen LogP contribution < -0.4 is 16.0 Å². The van der Waals surface area contributed by atoms with Crippen LogP contribution >= 0.6 is 24.8 Å². The molecule has 0 saturated carbocycles. The second-order valence-corrected chi connectivity index (χ2v) is 6.74. The molecule has 0 bridgehead atoms. The molecule has 1 aliphatic heterocycles. The molecule has 8 heteroatoms. The molecule has 1 saturated heterocycles. The number of nitrogens with one attached hydrogen (secondary N) is 1. The first kappa shape index (κ1) is 24.1. The standard InChI is InChI=1S/C20H23F2N3O.2ClH/c1-13(18(23)14-6-3-2-4-7-14)20(26)24-15-10-11-25(12-15)19-16(21)8-5-9-17(19)22;;/h2-9,13,15,18H,10-12,23H2,1H3,(H,24,26);2*1H. The van der Waals surface area contributed by atoms with E-state index in [0.29, 0.717) is 19.5 Å². The molecule has 4 nitrogen and oxygen atoms in total. The largest absolute Gasteiger partial charge is 0.365 e. The summed E-state index contributed by atoms with van der Waals surface area (Å²) in [6, 6.07) is 12.7. The number of anilines is 1. The maximum atomic E-state index is 13.9. The van der Waals surface area contributed by atoms with Crippen LogP contribution in [-0.2, 0) is 4.79 Å². The molecular weight excluding hydrogens is 407 g/mol. The Morgan fingerprint density at radius 3 is 2.32 bits per heavy atom. The van der Waals surface area contributed by atoms with Gasteiger partial charge in [-0.05, 0) is 24.1 Å². The van der Waals surface area contributed by atoms with E-state index >= 15 is 0 Å². The van der Waals surface area contributed by atoms with Crippen molar-refractivity contribution in [3.05, 3.63) is 65.7 Å². The van der Waals surface area contributed by atoms with Gasteiger partial charge in [0.15, 0.2) is 0 Å². The lowest BCUT2D eigenvalue weighted by atomic mass is 9.94. The summed E-state index contributed by atoms with van der Waals surface area (Å²) < 4.78 is 27.9. The first-order chi connectivity index (χ1) is 12.5. The number of amides is 1. The maximum Gasteiger partial charge on any atom is 0.225 e. The molecular formula is C20H25Cl2F2N3O. The van der Waals surface area contributed by atoms with Gasteiger partial charge in [-0.2, -0.15) is 0 Å². The normalized spacial score (nSPS) is 17.9. The summed E-state index contributed by atoms with van der Waals surface area (Å²) in [6.07, 6.45) is 0.632. The Morgan fingerprint density at radius 2 is 1.71 bits per heavy atom. The number of carbonyl (C=O) groups is 1. The van der Waals surface area contributed by atoms with E-state index in [2.05, 4.69) is 5.32 Å². The molecule has 0 aliphatic carbocycles. The summed E-state index contributed by atoms with van der Waals surface area (Å²) >= 11 is 0. The van der Waals surface area contributed by atoms with Gasteiger partial charge in [-0.1, -0.05) is 43.3 Å². The van der Waals surface area contributed by atoms with Crippen molar-refractivity contribution in [2.24, 2.45) is 11.7 Å². The van der Waals surface area contributed by atoms with E-state index < -0.39 is 23.6 Å². The third kappa shape index (κ3) is 5.34. The Bertz CT molecular complexity index is 759. The van der Waals surface area contributed by atoms with Crippen molar-refractivity contribution in [3.63, 3.8) is 0 Å². The first-order valence-electron chi connectivity index (χ1n) is 8.77. The zero-order valence-electron chi connectivity index (χ0n) is 15.5. The Labute approximate surface area is 176 Å². The Kier molecular flexibility index (Phi) is 9.14. The van der Waals surface area contributed by atoms with Gasteiger partial charge in [0.05, 0.1) is 5.92 Å². The number of benzene rings is 2. The molecule has 28 heavy (non-hydrogen) atoms. The molecule has 3 unspecified atom stereocenters. The molecule has 2 aromatic rings. The van der Waals surface area contributed by atoms with Crippen LogP contribution in [0.2, 0.25) is 0 Å². The van der Waals surface area contributed by atoms with E-state index in [4.69, 9.17) is 5.73 Å². The Hall–Kier alpha value is -1.89. The fourth-order valence-electron chi connectivity index (χ4n) is 3.33. The van der Waals surface area contributed by atoms with Gasteiger partial charge in [-0.3, -0.25) is 4.79 Å². The van der Waals surface area contributed by atoms with Crippen molar-refractivity contribution < 1.29 is 13.6 Å². The molecule has 0 spiro atoms. The highest BCUT2D eigenvalue weighted by Crippen LogP contribution is 2.27. The van der Waals surface area contributed by atoms with Gasteiger partial charge in [0.25, 0.3) is 0 Å². The lowest BCUT2D eigenvalue weighted by molar-refractivity contribution is -0.125. The number of nitrogens with zero attached hydrogens (tertiary/aromatic N) is 1. The van der Waals surface area contributed by atoms with Gasteiger partial charge < -0.3 is 16.0 Å². The average molecular weight is 432 g/mol. The highest BCUT2D eigenvalue weighted by atomic mass is 35.5. The Balaban J connectivity index is 0.00000196. The van der Waals surface area contributed by atoms with Crippen LogP contribution in [-0.4, -0.2) is 25.0 Å². The second kappa shape index (κ2) is 10.6. The van der Waals surface area contributed by atoms with Crippen molar-refractivity contribution in [1.29, 1.82) is 0 Å². The quantitative estimate of drug-likeness (QED) is 0.755. The molecule has 3 atom stereocenters. The summed E-state index contributed by atoms with van der Waals surface area (Å²) in [4.78, 5) is 14.2. The number of carbonyl (C=O) groups excluding carboxylic acids is 1. The van der Waals surface area contributed by atoms with E-state index in [1.54, 1.807) is 11.8 Å². The summed E-state index contributed by atoms with van der Waals surface area (Å²) in [5, 5.41) is 2.96. The highest BCUT2D eigenvalue weighted by Gasteiger charge is 2.30. The summed E-state index contributed by atoms with van der Waals surface area (Å²) in [7, 11) is 0. The van der Waals surface area contributed by atoms with Crippen molar-refractivity contribution in [1.82, 2.24) is 5.32 Å². The molecule has 3 N–H and O–H groups in total. The predicted molar refractivity (Wildman–Crippen MR) is 112 cm³/mol. The molecule has 1 fully saturated rings. The van der Waals surface area contributed by atoms with Gasteiger partial charge >= 0.3 is 0 Å². The number of halogens is 4. The van der Waals surface area contributed by atoms with Gasteiger partial charge in [-0.25, -0.2) is 8.78 Å².